The summed E-state index contributed by atoms with van der Waals surface area (Å²) in [4.78, 5) is 12.3. The maximum absolute atomic E-state index is 12.3. The summed E-state index contributed by atoms with van der Waals surface area (Å²) >= 11 is 0. The quantitative estimate of drug-likeness (QED) is 0.689. The predicted octanol–water partition coefficient (Wildman–Crippen LogP) is 1.99. The van der Waals surface area contributed by atoms with Crippen LogP contribution in [0.2, 0.25) is 0 Å². The van der Waals surface area contributed by atoms with Gasteiger partial charge in [0.2, 0.25) is 5.43 Å². The largest absolute Gasteiger partial charge is 0.497 e. The molecule has 3 aromatic rings. The molecule has 18 heavy (non-hydrogen) atoms. The SMILES string of the molecule is COc1ccc2c(=O)c(-n3cccn3)coc2c1. The average molecular weight is 242 g/mol. The van der Waals surface area contributed by atoms with E-state index in [1.54, 1.807) is 43.8 Å². The van der Waals surface area contributed by atoms with Gasteiger partial charge in [-0.15, -0.1) is 0 Å². The molecular weight excluding hydrogens is 232 g/mol. The van der Waals surface area contributed by atoms with Crippen LogP contribution in [0, 0.1) is 0 Å². The molecule has 0 N–H and O–H groups in total. The zero-order chi connectivity index (χ0) is 12.5. The Morgan fingerprint density at radius 1 is 1.39 bits per heavy atom. The van der Waals surface area contributed by atoms with Crippen LogP contribution in [0.15, 0.2) is 52.1 Å². The molecule has 0 fully saturated rings. The van der Waals surface area contributed by atoms with E-state index in [9.17, 15) is 4.79 Å². The van der Waals surface area contributed by atoms with Gasteiger partial charge < -0.3 is 9.15 Å². The number of fused-ring (bicyclic) bond motifs is 1. The molecule has 0 radical (unpaired) electrons. The number of hydrogen-bond donors (Lipinski definition) is 0. The number of rotatable bonds is 2. The van der Waals surface area contributed by atoms with Gasteiger partial charge in [-0.1, -0.05) is 0 Å². The zero-order valence-electron chi connectivity index (χ0n) is 9.66. The summed E-state index contributed by atoms with van der Waals surface area (Å²) in [5.41, 5.74) is 0.760. The van der Waals surface area contributed by atoms with Crippen LogP contribution in [0.1, 0.15) is 0 Å². The molecule has 3 rings (SSSR count). The molecule has 2 aromatic heterocycles. The Balaban J connectivity index is 2.27. The van der Waals surface area contributed by atoms with Gasteiger partial charge >= 0.3 is 0 Å². The van der Waals surface area contributed by atoms with Crippen molar-refractivity contribution in [1.29, 1.82) is 0 Å². The first-order chi connectivity index (χ1) is 8.79. The molecule has 0 bridgehead atoms. The Labute approximate surface area is 102 Å². The lowest BCUT2D eigenvalue weighted by Crippen LogP contribution is -2.11. The minimum Gasteiger partial charge on any atom is -0.497 e. The number of methoxy groups -OCH3 is 1. The fraction of sp³-hybridized carbons (Fsp3) is 0.0769. The van der Waals surface area contributed by atoms with E-state index >= 15 is 0 Å². The highest BCUT2D eigenvalue weighted by molar-refractivity contribution is 5.79. The van der Waals surface area contributed by atoms with Crippen LogP contribution in [0.4, 0.5) is 0 Å². The summed E-state index contributed by atoms with van der Waals surface area (Å²) < 4.78 is 12.0. The van der Waals surface area contributed by atoms with Crippen molar-refractivity contribution in [3.05, 3.63) is 53.1 Å². The smallest absolute Gasteiger partial charge is 0.218 e. The molecule has 0 aliphatic carbocycles. The first-order valence-electron chi connectivity index (χ1n) is 5.39. The van der Waals surface area contributed by atoms with Gasteiger partial charge in [0.1, 0.15) is 23.3 Å². The number of nitrogens with zero attached hydrogens (tertiary/aromatic N) is 2. The summed E-state index contributed by atoms with van der Waals surface area (Å²) in [5.74, 6) is 0.650. The van der Waals surface area contributed by atoms with E-state index in [-0.39, 0.29) is 5.43 Å². The standard InChI is InChI=1S/C13H10N2O3/c1-17-9-3-4-10-12(7-9)18-8-11(13(10)16)15-6-2-5-14-15/h2-8H,1H3. The zero-order valence-corrected chi connectivity index (χ0v) is 9.66. The van der Waals surface area contributed by atoms with Crippen molar-refractivity contribution < 1.29 is 9.15 Å². The molecular formula is C13H10N2O3. The summed E-state index contributed by atoms with van der Waals surface area (Å²) in [5, 5.41) is 4.52. The number of benzene rings is 1. The van der Waals surface area contributed by atoms with Gasteiger partial charge in [0, 0.05) is 18.5 Å². The molecule has 90 valence electrons. The van der Waals surface area contributed by atoms with Crippen LogP contribution in [-0.4, -0.2) is 16.9 Å². The lowest BCUT2D eigenvalue weighted by atomic mass is 10.2. The molecule has 0 amide bonds. The number of aromatic nitrogens is 2. The van der Waals surface area contributed by atoms with E-state index in [2.05, 4.69) is 5.10 Å². The Morgan fingerprint density at radius 3 is 3.00 bits per heavy atom. The van der Waals surface area contributed by atoms with Crippen molar-refractivity contribution in [2.24, 2.45) is 0 Å². The van der Waals surface area contributed by atoms with Crippen molar-refractivity contribution in [2.75, 3.05) is 7.11 Å². The van der Waals surface area contributed by atoms with Gasteiger partial charge in [-0.3, -0.25) is 4.79 Å². The van der Waals surface area contributed by atoms with Crippen molar-refractivity contribution in [2.45, 2.75) is 0 Å². The van der Waals surface area contributed by atoms with Crippen LogP contribution >= 0.6 is 0 Å². The van der Waals surface area contributed by atoms with Crippen molar-refractivity contribution >= 4 is 11.0 Å². The third-order valence-corrected chi connectivity index (χ3v) is 2.71. The first kappa shape index (κ1) is 10.6. The van der Waals surface area contributed by atoms with E-state index in [4.69, 9.17) is 9.15 Å². The molecule has 0 spiro atoms. The summed E-state index contributed by atoms with van der Waals surface area (Å²) in [6.07, 6.45) is 4.70. The molecule has 0 saturated carbocycles. The second-order valence-electron chi connectivity index (χ2n) is 3.76. The van der Waals surface area contributed by atoms with Crippen LogP contribution in [0.3, 0.4) is 0 Å². The maximum Gasteiger partial charge on any atom is 0.218 e. The highest BCUT2D eigenvalue weighted by atomic mass is 16.5. The average Bonchev–Trinajstić information content (AvgIpc) is 2.92. The van der Waals surface area contributed by atoms with Crippen molar-refractivity contribution in [3.63, 3.8) is 0 Å². The van der Waals surface area contributed by atoms with Gasteiger partial charge in [0.25, 0.3) is 0 Å². The minimum atomic E-state index is -0.123. The second-order valence-corrected chi connectivity index (χ2v) is 3.76. The van der Waals surface area contributed by atoms with Crippen LogP contribution in [-0.2, 0) is 0 Å². The highest BCUT2D eigenvalue weighted by Crippen LogP contribution is 2.19. The summed E-state index contributed by atoms with van der Waals surface area (Å²) in [6, 6.07) is 6.85. The van der Waals surface area contributed by atoms with Crippen LogP contribution in [0.25, 0.3) is 16.7 Å². The molecule has 0 aliphatic heterocycles. The topological polar surface area (TPSA) is 57.3 Å². The van der Waals surface area contributed by atoms with E-state index in [0.717, 1.165) is 0 Å². The Bertz CT molecular complexity index is 745. The second kappa shape index (κ2) is 4.03. The van der Waals surface area contributed by atoms with Crippen LogP contribution in [0.5, 0.6) is 5.75 Å². The minimum absolute atomic E-state index is 0.123. The number of ether oxygens (including phenoxy) is 1. The number of hydrogen-bond acceptors (Lipinski definition) is 4. The van der Waals surface area contributed by atoms with Gasteiger partial charge in [-0.2, -0.15) is 5.10 Å². The molecule has 0 unspecified atom stereocenters. The molecule has 5 nitrogen and oxygen atoms in total. The Kier molecular flexibility index (Phi) is 2.37. The molecule has 1 aromatic carbocycles. The lowest BCUT2D eigenvalue weighted by Gasteiger charge is -2.04. The summed E-state index contributed by atoms with van der Waals surface area (Å²) in [6.45, 7) is 0. The van der Waals surface area contributed by atoms with Gasteiger partial charge in [0.05, 0.1) is 12.5 Å². The fourth-order valence-electron chi connectivity index (χ4n) is 1.79. The van der Waals surface area contributed by atoms with Gasteiger partial charge in [0.15, 0.2) is 0 Å². The monoisotopic (exact) mass is 242 g/mol. The predicted molar refractivity (Wildman–Crippen MR) is 66.2 cm³/mol. The normalized spacial score (nSPS) is 10.7. The third-order valence-electron chi connectivity index (χ3n) is 2.71. The van der Waals surface area contributed by atoms with Crippen LogP contribution < -0.4 is 10.2 Å². The van der Waals surface area contributed by atoms with E-state index < -0.39 is 0 Å². The Morgan fingerprint density at radius 2 is 2.28 bits per heavy atom. The van der Waals surface area contributed by atoms with E-state index in [1.165, 1.54) is 10.9 Å². The van der Waals surface area contributed by atoms with Crippen molar-refractivity contribution in [1.82, 2.24) is 9.78 Å². The molecule has 2 heterocycles. The van der Waals surface area contributed by atoms with Gasteiger partial charge in [-0.25, -0.2) is 4.68 Å². The maximum atomic E-state index is 12.3. The van der Waals surface area contributed by atoms with Gasteiger partial charge in [-0.05, 0) is 18.2 Å². The van der Waals surface area contributed by atoms with E-state index in [0.29, 0.717) is 22.4 Å². The molecule has 0 atom stereocenters. The lowest BCUT2D eigenvalue weighted by molar-refractivity contribution is 0.414. The first-order valence-corrected chi connectivity index (χ1v) is 5.39. The third kappa shape index (κ3) is 1.57. The summed E-state index contributed by atoms with van der Waals surface area (Å²) in [7, 11) is 1.57. The van der Waals surface area contributed by atoms with E-state index in [1.807, 2.05) is 0 Å². The Hall–Kier alpha value is -2.56. The fourth-order valence-corrected chi connectivity index (χ4v) is 1.79. The molecule has 0 saturated heterocycles. The molecule has 0 aliphatic rings. The van der Waals surface area contributed by atoms with Crippen molar-refractivity contribution in [3.8, 4) is 11.4 Å². The molecule has 5 heteroatoms. The highest BCUT2D eigenvalue weighted by Gasteiger charge is 2.09.